The van der Waals surface area contributed by atoms with E-state index in [1.807, 2.05) is 0 Å². The average molecular weight is 282 g/mol. The number of esters is 1. The van der Waals surface area contributed by atoms with Gasteiger partial charge in [-0.05, 0) is 6.92 Å². The zero-order valence-corrected chi connectivity index (χ0v) is 9.08. The highest BCUT2D eigenvalue weighted by atomic mass is 19.3. The number of hydrogen-bond donors (Lipinski definition) is 0. The summed E-state index contributed by atoms with van der Waals surface area (Å²) >= 11 is 0. The zero-order chi connectivity index (χ0) is 14.8. The van der Waals surface area contributed by atoms with E-state index in [9.17, 15) is 35.5 Å². The van der Waals surface area contributed by atoms with Crippen LogP contribution in [-0.2, 0) is 9.53 Å². The molecule has 106 valence electrons. The lowest BCUT2D eigenvalue weighted by Crippen LogP contribution is -2.57. The summed E-state index contributed by atoms with van der Waals surface area (Å²) in [5.41, 5.74) is -0.383. The third-order valence-corrected chi connectivity index (χ3v) is 1.82. The van der Waals surface area contributed by atoms with E-state index in [2.05, 4.69) is 11.3 Å². The van der Waals surface area contributed by atoms with E-state index in [1.54, 1.807) is 0 Å². The molecular formula is C9H9F7O2. The first kappa shape index (κ1) is 16.7. The van der Waals surface area contributed by atoms with Crippen LogP contribution in [0, 0.1) is 0 Å². The molecule has 0 atom stereocenters. The van der Waals surface area contributed by atoms with E-state index < -0.39 is 37.0 Å². The van der Waals surface area contributed by atoms with Crippen LogP contribution in [0.2, 0.25) is 0 Å². The Bertz CT molecular complexity index is 338. The van der Waals surface area contributed by atoms with Crippen LogP contribution in [-0.4, -0.2) is 37.0 Å². The number of carbonyl (C=O) groups excluding carboxylic acids is 1. The molecule has 0 aromatic heterocycles. The largest absolute Gasteiger partial charge is 0.456 e. The summed E-state index contributed by atoms with van der Waals surface area (Å²) in [4.78, 5) is 10.7. The highest BCUT2D eigenvalue weighted by Gasteiger charge is 2.72. The first-order chi connectivity index (χ1) is 7.89. The molecular weight excluding hydrogens is 273 g/mol. The molecule has 0 saturated carbocycles. The first-order valence-electron chi connectivity index (χ1n) is 4.41. The summed E-state index contributed by atoms with van der Waals surface area (Å²) in [6, 6.07) is 0. The number of hydrogen-bond acceptors (Lipinski definition) is 2. The average Bonchev–Trinajstić information content (AvgIpc) is 2.25. The van der Waals surface area contributed by atoms with Gasteiger partial charge < -0.3 is 4.74 Å². The van der Waals surface area contributed by atoms with Gasteiger partial charge in [0.2, 0.25) is 0 Å². The fourth-order valence-electron chi connectivity index (χ4n) is 0.721. The Morgan fingerprint density at radius 1 is 1.11 bits per heavy atom. The van der Waals surface area contributed by atoms with Crippen molar-refractivity contribution in [2.24, 2.45) is 0 Å². The molecule has 0 aliphatic carbocycles. The predicted octanol–water partition coefficient (Wildman–Crippen LogP) is 2.98. The van der Waals surface area contributed by atoms with E-state index in [0.717, 1.165) is 6.92 Å². The Balaban J connectivity index is 4.92. The van der Waals surface area contributed by atoms with Crippen molar-refractivity contribution in [2.75, 3.05) is 13.3 Å². The second-order valence-corrected chi connectivity index (χ2v) is 3.47. The van der Waals surface area contributed by atoms with Crippen LogP contribution < -0.4 is 0 Å². The highest BCUT2D eigenvalue weighted by molar-refractivity contribution is 5.86. The fraction of sp³-hybridized carbons (Fsp3) is 0.667. The smallest absolute Gasteiger partial charge is 0.378 e. The van der Waals surface area contributed by atoms with Gasteiger partial charge in [0.05, 0.1) is 0 Å². The van der Waals surface area contributed by atoms with Gasteiger partial charge in [-0.1, -0.05) is 6.58 Å². The van der Waals surface area contributed by atoms with Crippen molar-refractivity contribution >= 4 is 5.97 Å². The van der Waals surface area contributed by atoms with E-state index >= 15 is 0 Å². The summed E-state index contributed by atoms with van der Waals surface area (Å²) in [5.74, 6) is -18.4. The van der Waals surface area contributed by atoms with Crippen molar-refractivity contribution in [1.29, 1.82) is 0 Å². The number of alkyl halides is 7. The molecule has 0 aliphatic heterocycles. The van der Waals surface area contributed by atoms with E-state index in [0.29, 0.717) is 0 Å². The maximum atomic E-state index is 12.8. The van der Waals surface area contributed by atoms with Crippen molar-refractivity contribution in [3.63, 3.8) is 0 Å². The van der Waals surface area contributed by atoms with Crippen molar-refractivity contribution in [1.82, 2.24) is 0 Å². The quantitative estimate of drug-likeness (QED) is 0.425. The molecule has 0 amide bonds. The minimum atomic E-state index is -5.98. The molecule has 0 fully saturated rings. The molecule has 0 rings (SSSR count). The van der Waals surface area contributed by atoms with Crippen LogP contribution >= 0.6 is 0 Å². The summed E-state index contributed by atoms with van der Waals surface area (Å²) in [7, 11) is 0. The summed E-state index contributed by atoms with van der Waals surface area (Å²) in [6.07, 6.45) is 0. The van der Waals surface area contributed by atoms with E-state index in [-0.39, 0.29) is 5.57 Å². The third kappa shape index (κ3) is 3.14. The molecule has 18 heavy (non-hydrogen) atoms. The SMILES string of the molecule is C=C(C)C(=O)OCC(F)(F)C(F)(F)C(F)(F)CF. The van der Waals surface area contributed by atoms with Crippen molar-refractivity contribution < 1.29 is 40.3 Å². The molecule has 0 unspecified atom stereocenters. The van der Waals surface area contributed by atoms with Crippen LogP contribution in [0.15, 0.2) is 12.2 Å². The molecule has 0 spiro atoms. The minimum Gasteiger partial charge on any atom is -0.456 e. The second kappa shape index (κ2) is 5.15. The summed E-state index contributed by atoms with van der Waals surface area (Å²) in [6.45, 7) is -1.27. The Morgan fingerprint density at radius 3 is 1.89 bits per heavy atom. The summed E-state index contributed by atoms with van der Waals surface area (Å²) in [5, 5.41) is 0. The Labute approximate surface area is 97.4 Å². The highest BCUT2D eigenvalue weighted by Crippen LogP contribution is 2.46. The van der Waals surface area contributed by atoms with Gasteiger partial charge in [-0.15, -0.1) is 0 Å². The molecule has 0 aromatic rings. The maximum Gasteiger partial charge on any atom is 0.378 e. The van der Waals surface area contributed by atoms with Crippen LogP contribution in [0.3, 0.4) is 0 Å². The second-order valence-electron chi connectivity index (χ2n) is 3.47. The van der Waals surface area contributed by atoms with E-state index in [4.69, 9.17) is 0 Å². The van der Waals surface area contributed by atoms with Crippen molar-refractivity contribution in [3.8, 4) is 0 Å². The molecule has 2 nitrogen and oxygen atoms in total. The van der Waals surface area contributed by atoms with Crippen LogP contribution in [0.25, 0.3) is 0 Å². The van der Waals surface area contributed by atoms with Crippen LogP contribution in [0.4, 0.5) is 30.7 Å². The lowest BCUT2D eigenvalue weighted by atomic mass is 10.1. The molecule has 0 saturated heterocycles. The van der Waals surface area contributed by atoms with Gasteiger partial charge in [-0.2, -0.15) is 26.3 Å². The number of rotatable bonds is 6. The first-order valence-corrected chi connectivity index (χ1v) is 4.41. The van der Waals surface area contributed by atoms with Gasteiger partial charge in [0.15, 0.2) is 13.3 Å². The number of carbonyl (C=O) groups is 1. The summed E-state index contributed by atoms with van der Waals surface area (Å²) < 4.78 is 91.0. The monoisotopic (exact) mass is 282 g/mol. The topological polar surface area (TPSA) is 26.3 Å². The number of ether oxygens (including phenoxy) is 1. The fourth-order valence-corrected chi connectivity index (χ4v) is 0.721. The zero-order valence-electron chi connectivity index (χ0n) is 9.08. The molecule has 0 radical (unpaired) electrons. The van der Waals surface area contributed by atoms with Gasteiger partial charge in [0.25, 0.3) is 0 Å². The Hall–Kier alpha value is -1.28. The van der Waals surface area contributed by atoms with Crippen molar-refractivity contribution in [2.45, 2.75) is 24.7 Å². The van der Waals surface area contributed by atoms with Gasteiger partial charge >= 0.3 is 23.7 Å². The Kier molecular flexibility index (Phi) is 4.78. The van der Waals surface area contributed by atoms with Crippen molar-refractivity contribution in [3.05, 3.63) is 12.2 Å². The van der Waals surface area contributed by atoms with Gasteiger partial charge in [-0.25, -0.2) is 9.18 Å². The van der Waals surface area contributed by atoms with Gasteiger partial charge in [0, 0.05) is 5.57 Å². The lowest BCUT2D eigenvalue weighted by molar-refractivity contribution is -0.319. The lowest BCUT2D eigenvalue weighted by Gasteiger charge is -2.30. The molecule has 0 heterocycles. The molecule has 9 heteroatoms. The molecule has 0 bridgehead atoms. The predicted molar refractivity (Wildman–Crippen MR) is 46.6 cm³/mol. The van der Waals surface area contributed by atoms with Crippen LogP contribution in [0.5, 0.6) is 0 Å². The molecule has 0 aliphatic rings. The third-order valence-electron chi connectivity index (χ3n) is 1.82. The minimum absolute atomic E-state index is 0.383. The standard InChI is InChI=1S/C9H9F7O2/c1-5(2)6(17)18-4-8(13,14)9(15,16)7(11,12)3-10/h1,3-4H2,2H3. The normalized spacial score (nSPS) is 13.3. The molecule has 0 N–H and O–H groups in total. The van der Waals surface area contributed by atoms with Crippen LogP contribution in [0.1, 0.15) is 6.92 Å². The van der Waals surface area contributed by atoms with Gasteiger partial charge in [0.1, 0.15) is 0 Å². The maximum absolute atomic E-state index is 12.8. The van der Waals surface area contributed by atoms with Gasteiger partial charge in [-0.3, -0.25) is 0 Å². The number of halogens is 7. The Morgan fingerprint density at radius 2 is 1.56 bits per heavy atom. The van der Waals surface area contributed by atoms with E-state index in [1.165, 1.54) is 0 Å². The molecule has 0 aromatic carbocycles.